The van der Waals surface area contributed by atoms with E-state index in [2.05, 4.69) is 6.92 Å². The number of hydrogen-bond acceptors (Lipinski definition) is 3. The molecule has 1 fully saturated rings. The lowest BCUT2D eigenvalue weighted by atomic mass is 9.80. The van der Waals surface area contributed by atoms with E-state index in [1.807, 2.05) is 0 Å². The van der Waals surface area contributed by atoms with Gasteiger partial charge in [0.15, 0.2) is 0 Å². The molecule has 0 unspecified atom stereocenters. The van der Waals surface area contributed by atoms with E-state index >= 15 is 0 Å². The molecular formula is C15H28O3. The van der Waals surface area contributed by atoms with Crippen molar-refractivity contribution in [3.05, 3.63) is 0 Å². The van der Waals surface area contributed by atoms with Gasteiger partial charge in [-0.3, -0.25) is 4.79 Å². The van der Waals surface area contributed by atoms with Crippen LogP contribution in [0.5, 0.6) is 0 Å². The van der Waals surface area contributed by atoms with Crippen molar-refractivity contribution in [1.82, 2.24) is 0 Å². The predicted molar refractivity (Wildman–Crippen MR) is 72.4 cm³/mol. The third-order valence-electron chi connectivity index (χ3n) is 3.93. The Hall–Kier alpha value is -0.570. The van der Waals surface area contributed by atoms with Gasteiger partial charge < -0.3 is 9.47 Å². The van der Waals surface area contributed by atoms with Crippen molar-refractivity contribution in [2.24, 2.45) is 11.8 Å². The molecule has 0 aromatic heterocycles. The number of carbonyl (C=O) groups is 1. The monoisotopic (exact) mass is 256 g/mol. The van der Waals surface area contributed by atoms with Gasteiger partial charge in [0.05, 0.1) is 12.5 Å². The first-order chi connectivity index (χ1) is 8.77. The predicted octanol–water partition coefficient (Wildman–Crippen LogP) is 3.56. The van der Waals surface area contributed by atoms with Gasteiger partial charge in [-0.1, -0.05) is 32.6 Å². The minimum atomic E-state index is -0.0148. The molecule has 3 nitrogen and oxygen atoms in total. The molecule has 3 heteroatoms. The van der Waals surface area contributed by atoms with E-state index in [0.29, 0.717) is 13.2 Å². The molecule has 0 bridgehead atoms. The van der Waals surface area contributed by atoms with Crippen LogP contribution in [-0.4, -0.2) is 26.3 Å². The zero-order valence-corrected chi connectivity index (χ0v) is 12.0. The van der Waals surface area contributed by atoms with Crippen LogP contribution in [0.2, 0.25) is 0 Å². The van der Waals surface area contributed by atoms with Crippen molar-refractivity contribution in [2.45, 2.75) is 58.3 Å². The Bertz CT molecular complexity index is 220. The molecule has 0 amide bonds. The van der Waals surface area contributed by atoms with Gasteiger partial charge in [0.1, 0.15) is 6.61 Å². The summed E-state index contributed by atoms with van der Waals surface area (Å²) in [5.74, 6) is 0.975. The van der Waals surface area contributed by atoms with Crippen LogP contribution in [0.4, 0.5) is 0 Å². The molecule has 0 spiro atoms. The number of methoxy groups -OCH3 is 1. The van der Waals surface area contributed by atoms with Gasteiger partial charge in [-0.25, -0.2) is 0 Å². The van der Waals surface area contributed by atoms with Gasteiger partial charge in [0, 0.05) is 7.11 Å². The summed E-state index contributed by atoms with van der Waals surface area (Å²) in [6.45, 7) is 3.14. The Balaban J connectivity index is 2.12. The summed E-state index contributed by atoms with van der Waals surface area (Å²) in [7, 11) is 1.62. The second-order valence-electron chi connectivity index (χ2n) is 5.37. The molecule has 18 heavy (non-hydrogen) atoms. The van der Waals surface area contributed by atoms with Crippen LogP contribution >= 0.6 is 0 Å². The maximum atomic E-state index is 11.8. The van der Waals surface area contributed by atoms with Crippen LogP contribution in [0.1, 0.15) is 58.3 Å². The molecule has 1 aliphatic rings. The molecule has 0 aliphatic heterocycles. The van der Waals surface area contributed by atoms with Crippen molar-refractivity contribution < 1.29 is 14.3 Å². The van der Waals surface area contributed by atoms with Gasteiger partial charge in [-0.15, -0.1) is 0 Å². The topological polar surface area (TPSA) is 35.5 Å². The zero-order chi connectivity index (χ0) is 13.2. The van der Waals surface area contributed by atoms with Crippen LogP contribution in [0.15, 0.2) is 0 Å². The summed E-state index contributed by atoms with van der Waals surface area (Å²) in [6.07, 6.45) is 9.77. The smallest absolute Gasteiger partial charge is 0.309 e. The number of hydrogen-bond donors (Lipinski definition) is 0. The second kappa shape index (κ2) is 9.37. The van der Waals surface area contributed by atoms with Gasteiger partial charge >= 0.3 is 5.97 Å². The van der Waals surface area contributed by atoms with Crippen molar-refractivity contribution in [1.29, 1.82) is 0 Å². The van der Waals surface area contributed by atoms with Crippen LogP contribution in [0.25, 0.3) is 0 Å². The zero-order valence-electron chi connectivity index (χ0n) is 12.0. The molecule has 106 valence electrons. The average molecular weight is 256 g/mol. The molecule has 0 aromatic rings. The maximum Gasteiger partial charge on any atom is 0.309 e. The highest BCUT2D eigenvalue weighted by Crippen LogP contribution is 2.32. The number of unbranched alkanes of at least 4 members (excludes halogenated alkanes) is 2. The van der Waals surface area contributed by atoms with E-state index in [9.17, 15) is 4.79 Å². The van der Waals surface area contributed by atoms with Crippen LogP contribution < -0.4 is 0 Å². The summed E-state index contributed by atoms with van der Waals surface area (Å²) in [5, 5.41) is 0. The highest BCUT2D eigenvalue weighted by atomic mass is 16.6. The minimum Gasteiger partial charge on any atom is -0.463 e. The van der Waals surface area contributed by atoms with Crippen molar-refractivity contribution in [2.75, 3.05) is 20.3 Å². The Morgan fingerprint density at radius 3 is 2.44 bits per heavy atom. The Morgan fingerprint density at radius 1 is 1.11 bits per heavy atom. The van der Waals surface area contributed by atoms with E-state index in [1.54, 1.807) is 7.11 Å². The number of esters is 1. The first-order valence-electron chi connectivity index (χ1n) is 7.43. The second-order valence-corrected chi connectivity index (χ2v) is 5.37. The van der Waals surface area contributed by atoms with Crippen molar-refractivity contribution >= 4 is 5.97 Å². The summed E-state index contributed by atoms with van der Waals surface area (Å²) < 4.78 is 10.1. The van der Waals surface area contributed by atoms with Crippen LogP contribution in [-0.2, 0) is 14.3 Å². The molecule has 0 N–H and O–H groups in total. The molecule has 0 atom stereocenters. The van der Waals surface area contributed by atoms with Crippen LogP contribution in [0, 0.1) is 11.8 Å². The van der Waals surface area contributed by atoms with Gasteiger partial charge in [-0.2, -0.15) is 0 Å². The van der Waals surface area contributed by atoms with Crippen molar-refractivity contribution in [3.63, 3.8) is 0 Å². The molecule has 1 saturated carbocycles. The first kappa shape index (κ1) is 15.5. The quantitative estimate of drug-likeness (QED) is 0.492. The number of rotatable bonds is 8. The van der Waals surface area contributed by atoms with Gasteiger partial charge in [0.25, 0.3) is 0 Å². The van der Waals surface area contributed by atoms with E-state index in [-0.39, 0.29) is 11.9 Å². The lowest BCUT2D eigenvalue weighted by Crippen LogP contribution is -2.24. The largest absolute Gasteiger partial charge is 0.463 e. The van der Waals surface area contributed by atoms with Gasteiger partial charge in [0.2, 0.25) is 0 Å². The fraction of sp³-hybridized carbons (Fsp3) is 0.933. The third kappa shape index (κ3) is 5.85. The number of carbonyl (C=O) groups excluding carboxylic acids is 1. The molecule has 0 saturated heterocycles. The lowest BCUT2D eigenvalue weighted by Gasteiger charge is -2.27. The Kier molecular flexibility index (Phi) is 8.06. The molecular weight excluding hydrogens is 228 g/mol. The molecule has 1 rings (SSSR count). The summed E-state index contributed by atoms with van der Waals surface area (Å²) in [5.41, 5.74) is 0. The lowest BCUT2D eigenvalue weighted by molar-refractivity contribution is -0.151. The fourth-order valence-electron chi connectivity index (χ4n) is 2.71. The fourth-order valence-corrected chi connectivity index (χ4v) is 2.71. The summed E-state index contributed by atoms with van der Waals surface area (Å²) in [6, 6.07) is 0. The Labute approximate surface area is 111 Å². The highest BCUT2D eigenvalue weighted by molar-refractivity contribution is 5.72. The molecule has 0 heterocycles. The van der Waals surface area contributed by atoms with Gasteiger partial charge in [-0.05, 0) is 31.6 Å². The molecule has 1 aliphatic carbocycles. The van der Waals surface area contributed by atoms with E-state index in [4.69, 9.17) is 9.47 Å². The van der Waals surface area contributed by atoms with E-state index in [0.717, 1.165) is 18.8 Å². The average Bonchev–Trinajstić information content (AvgIpc) is 2.40. The Morgan fingerprint density at radius 2 is 1.83 bits per heavy atom. The maximum absolute atomic E-state index is 11.8. The minimum absolute atomic E-state index is 0.0148. The first-order valence-corrected chi connectivity index (χ1v) is 7.43. The van der Waals surface area contributed by atoms with Crippen LogP contribution in [0.3, 0.4) is 0 Å². The molecule has 0 aromatic carbocycles. The SMILES string of the molecule is CCCCCC1CCC(C(=O)OCCOC)CC1. The van der Waals surface area contributed by atoms with Crippen molar-refractivity contribution in [3.8, 4) is 0 Å². The van der Waals surface area contributed by atoms with E-state index < -0.39 is 0 Å². The van der Waals surface area contributed by atoms with E-state index in [1.165, 1.54) is 38.5 Å². The number of ether oxygens (including phenoxy) is 2. The third-order valence-corrected chi connectivity index (χ3v) is 3.93. The standard InChI is InChI=1S/C15H28O3/c1-3-4-5-6-13-7-9-14(10-8-13)15(16)18-12-11-17-2/h13-14H,3-12H2,1-2H3. The summed E-state index contributed by atoms with van der Waals surface area (Å²) in [4.78, 5) is 11.8. The highest BCUT2D eigenvalue weighted by Gasteiger charge is 2.26. The molecule has 0 radical (unpaired) electrons. The summed E-state index contributed by atoms with van der Waals surface area (Å²) >= 11 is 0. The normalized spacial score (nSPS) is 23.9.